The minimum Gasteiger partial charge on any atom is -0.159 e. The van der Waals surface area contributed by atoms with Crippen molar-refractivity contribution < 1.29 is 0 Å². The second-order valence-corrected chi connectivity index (χ2v) is 7.49. The molecule has 0 spiro atoms. The van der Waals surface area contributed by atoms with Gasteiger partial charge in [-0.05, 0) is 56.8 Å². The molecule has 1 heteroatoms. The van der Waals surface area contributed by atoms with Crippen molar-refractivity contribution in [1.82, 2.24) is 0 Å². The fourth-order valence-corrected chi connectivity index (χ4v) is 4.06. The largest absolute Gasteiger partial charge is 0.159 e. The zero-order valence-corrected chi connectivity index (χ0v) is 17.4. The number of unbranched alkanes of at least 4 members (excludes halogenated alkanes) is 3. The first kappa shape index (κ1) is 23.3. The van der Waals surface area contributed by atoms with E-state index < -0.39 is 0 Å². The topological polar surface area (TPSA) is 0 Å². The maximum absolute atomic E-state index is 2.24. The first-order valence-corrected chi connectivity index (χ1v) is 11.2. The Bertz CT molecular complexity index is 363. The van der Waals surface area contributed by atoms with E-state index in [1.54, 1.807) is 0 Å². The van der Waals surface area contributed by atoms with Crippen molar-refractivity contribution in [3.8, 4) is 0 Å². The van der Waals surface area contributed by atoms with Crippen molar-refractivity contribution in [2.24, 2.45) is 0 Å². The molecular formula is C23H40S. The lowest BCUT2D eigenvalue weighted by Gasteiger charge is -2.07. The molecule has 1 fully saturated rings. The van der Waals surface area contributed by atoms with Gasteiger partial charge in [0.1, 0.15) is 0 Å². The molecule has 1 unspecified atom stereocenters. The molecule has 0 nitrogen and oxygen atoms in total. The summed E-state index contributed by atoms with van der Waals surface area (Å²) in [7, 11) is 0. The van der Waals surface area contributed by atoms with Gasteiger partial charge in [0.15, 0.2) is 0 Å². The molecule has 1 saturated heterocycles. The smallest absolute Gasteiger partial charge is 0.00473 e. The van der Waals surface area contributed by atoms with Crippen LogP contribution in [0.25, 0.3) is 0 Å². The van der Waals surface area contributed by atoms with Gasteiger partial charge in [-0.25, -0.2) is 0 Å². The van der Waals surface area contributed by atoms with Crippen molar-refractivity contribution >= 4 is 11.8 Å². The average molecular weight is 349 g/mol. The van der Waals surface area contributed by atoms with Gasteiger partial charge in [-0.1, -0.05) is 82.5 Å². The van der Waals surface area contributed by atoms with Gasteiger partial charge in [-0.3, -0.25) is 0 Å². The van der Waals surface area contributed by atoms with Gasteiger partial charge < -0.3 is 0 Å². The van der Waals surface area contributed by atoms with Crippen LogP contribution in [-0.4, -0.2) is 11.0 Å². The van der Waals surface area contributed by atoms with E-state index in [0.29, 0.717) is 0 Å². The molecule has 2 rings (SSSR count). The molecule has 0 saturated carbocycles. The van der Waals surface area contributed by atoms with Crippen molar-refractivity contribution in [3.05, 3.63) is 48.0 Å². The highest BCUT2D eigenvalue weighted by molar-refractivity contribution is 8.00. The predicted octanol–water partition coefficient (Wildman–Crippen LogP) is 8.07. The molecule has 0 aliphatic carbocycles. The molecule has 1 heterocycles. The first-order chi connectivity index (χ1) is 11.9. The highest BCUT2D eigenvalue weighted by Gasteiger charge is 2.14. The molecule has 138 valence electrons. The number of benzene rings is 1. The van der Waals surface area contributed by atoms with Crippen LogP contribution in [0, 0.1) is 0 Å². The monoisotopic (exact) mass is 348 g/mol. The van der Waals surface area contributed by atoms with Crippen LogP contribution in [0.3, 0.4) is 0 Å². The molecule has 1 atom stereocenters. The molecule has 1 aliphatic rings. The van der Waals surface area contributed by atoms with Gasteiger partial charge in [0.2, 0.25) is 0 Å². The Hall–Kier alpha value is -0.690. The molecule has 1 aliphatic heterocycles. The predicted molar refractivity (Wildman–Crippen MR) is 115 cm³/mol. The summed E-state index contributed by atoms with van der Waals surface area (Å²) in [6, 6.07) is 10.9. The Morgan fingerprint density at radius 3 is 2.38 bits per heavy atom. The van der Waals surface area contributed by atoms with E-state index in [0.717, 1.165) is 5.25 Å². The summed E-state index contributed by atoms with van der Waals surface area (Å²) in [5, 5.41) is 0.997. The fourth-order valence-electron chi connectivity index (χ4n) is 2.73. The van der Waals surface area contributed by atoms with Crippen LogP contribution >= 0.6 is 11.8 Å². The molecule has 1 aromatic rings. The molecule has 1 aromatic carbocycles. The Balaban J connectivity index is 0.000000563. The summed E-state index contributed by atoms with van der Waals surface area (Å²) in [6.07, 6.45) is 16.6. The van der Waals surface area contributed by atoms with Crippen molar-refractivity contribution in [3.63, 3.8) is 0 Å². The van der Waals surface area contributed by atoms with Crippen LogP contribution in [0.1, 0.15) is 84.6 Å². The number of hydrogen-bond acceptors (Lipinski definition) is 1. The lowest BCUT2D eigenvalue weighted by Crippen LogP contribution is -1.96. The van der Waals surface area contributed by atoms with E-state index in [2.05, 4.69) is 68.1 Å². The van der Waals surface area contributed by atoms with E-state index in [1.807, 2.05) is 13.8 Å². The third kappa shape index (κ3) is 13.7. The quantitative estimate of drug-likeness (QED) is 0.338. The number of thioether (sulfide) groups is 1. The number of allylic oxidation sites excluding steroid dienone is 2. The number of aryl methyl sites for hydroxylation is 1. The third-order valence-electron chi connectivity index (χ3n) is 4.05. The maximum Gasteiger partial charge on any atom is 0.00473 e. The first-order valence-electron chi connectivity index (χ1n) is 10.1. The van der Waals surface area contributed by atoms with Crippen LogP contribution < -0.4 is 0 Å². The number of hydrogen-bond donors (Lipinski definition) is 0. The molecular weight excluding hydrogens is 308 g/mol. The van der Waals surface area contributed by atoms with Gasteiger partial charge in [0, 0.05) is 5.25 Å². The van der Waals surface area contributed by atoms with Crippen molar-refractivity contribution in [2.75, 3.05) is 5.75 Å². The van der Waals surface area contributed by atoms with Crippen LogP contribution in [0.4, 0.5) is 0 Å². The van der Waals surface area contributed by atoms with E-state index >= 15 is 0 Å². The molecule has 0 radical (unpaired) electrons. The van der Waals surface area contributed by atoms with Crippen LogP contribution in [-0.2, 0) is 6.42 Å². The lowest BCUT2D eigenvalue weighted by atomic mass is 10.0. The normalized spacial score (nSPS) is 16.2. The highest BCUT2D eigenvalue weighted by atomic mass is 32.2. The van der Waals surface area contributed by atoms with E-state index in [1.165, 1.54) is 69.1 Å². The SMILES string of the molecule is CC.CC=CCCC.c1ccc(CCCCCC2CCCS2)cc1. The summed E-state index contributed by atoms with van der Waals surface area (Å²) in [5.74, 6) is 1.41. The Kier molecular flexibility index (Phi) is 18.1. The maximum atomic E-state index is 2.24. The molecule has 0 aromatic heterocycles. The van der Waals surface area contributed by atoms with E-state index in [-0.39, 0.29) is 0 Å². The molecule has 24 heavy (non-hydrogen) atoms. The Morgan fingerprint density at radius 2 is 1.83 bits per heavy atom. The van der Waals surface area contributed by atoms with Crippen molar-refractivity contribution in [1.29, 1.82) is 0 Å². The minimum absolute atomic E-state index is 0.997. The van der Waals surface area contributed by atoms with Crippen molar-refractivity contribution in [2.45, 2.75) is 90.7 Å². The summed E-state index contributed by atoms with van der Waals surface area (Å²) >= 11 is 2.20. The molecule has 0 bridgehead atoms. The highest BCUT2D eigenvalue weighted by Crippen LogP contribution is 2.30. The molecule has 0 N–H and O–H groups in total. The summed E-state index contributed by atoms with van der Waals surface area (Å²) in [5.41, 5.74) is 1.50. The average Bonchev–Trinajstić information content (AvgIpc) is 3.16. The van der Waals surface area contributed by atoms with Gasteiger partial charge >= 0.3 is 0 Å². The van der Waals surface area contributed by atoms with Gasteiger partial charge in [0.05, 0.1) is 0 Å². The lowest BCUT2D eigenvalue weighted by molar-refractivity contribution is 0.612. The second kappa shape index (κ2) is 18.6. The van der Waals surface area contributed by atoms with Gasteiger partial charge in [0.25, 0.3) is 0 Å². The van der Waals surface area contributed by atoms with E-state index in [9.17, 15) is 0 Å². The molecule has 0 amide bonds. The standard InChI is InChI=1S/C15H22S.C6H12.C2H6/c1-3-8-14(9-4-1)10-5-2-6-11-15-12-7-13-16-15;1-3-5-6-4-2;1-2/h1,3-4,8-9,15H,2,5-7,10-13H2;3,5H,4,6H2,1-2H3;1-2H3. The second-order valence-electron chi connectivity index (χ2n) is 6.08. The zero-order chi connectivity index (χ0) is 17.9. The minimum atomic E-state index is 0.997. The summed E-state index contributed by atoms with van der Waals surface area (Å²) < 4.78 is 0. The third-order valence-corrected chi connectivity index (χ3v) is 5.52. The van der Waals surface area contributed by atoms with Crippen LogP contribution in [0.15, 0.2) is 42.5 Å². The summed E-state index contributed by atoms with van der Waals surface area (Å²) in [4.78, 5) is 0. The van der Waals surface area contributed by atoms with Gasteiger partial charge in [-0.15, -0.1) is 0 Å². The van der Waals surface area contributed by atoms with Crippen LogP contribution in [0.5, 0.6) is 0 Å². The summed E-state index contributed by atoms with van der Waals surface area (Å²) in [6.45, 7) is 8.23. The fraction of sp³-hybridized carbons (Fsp3) is 0.652. The van der Waals surface area contributed by atoms with E-state index in [4.69, 9.17) is 0 Å². The number of rotatable bonds is 8. The van der Waals surface area contributed by atoms with Crippen LogP contribution in [0.2, 0.25) is 0 Å². The Labute approximate surface area is 156 Å². The zero-order valence-electron chi connectivity index (χ0n) is 16.6. The van der Waals surface area contributed by atoms with Gasteiger partial charge in [-0.2, -0.15) is 11.8 Å². The Morgan fingerprint density at radius 1 is 1.08 bits per heavy atom.